The molecular formula is C20H24N2O3S. The van der Waals surface area contributed by atoms with Gasteiger partial charge in [0.25, 0.3) is 0 Å². The maximum atomic E-state index is 12.9. The van der Waals surface area contributed by atoms with Crippen LogP contribution in [0.25, 0.3) is 0 Å². The highest BCUT2D eigenvalue weighted by atomic mass is 32.2. The van der Waals surface area contributed by atoms with Crippen LogP contribution < -0.4 is 4.90 Å². The molecule has 1 aromatic rings. The van der Waals surface area contributed by atoms with Crippen molar-refractivity contribution in [1.82, 2.24) is 4.90 Å². The van der Waals surface area contributed by atoms with E-state index >= 15 is 0 Å². The molecule has 2 heterocycles. The minimum Gasteiger partial charge on any atom is -0.311 e. The first kappa shape index (κ1) is 17.6. The quantitative estimate of drug-likeness (QED) is 0.765. The fraction of sp³-hybridized carbons (Fsp3) is 0.550. The number of anilines is 1. The molecular weight excluding hydrogens is 348 g/mol. The van der Waals surface area contributed by atoms with Crippen LogP contribution in [0.4, 0.5) is 5.69 Å². The van der Waals surface area contributed by atoms with Gasteiger partial charge >= 0.3 is 0 Å². The lowest BCUT2D eigenvalue weighted by Gasteiger charge is -2.23. The number of para-hydroxylation sites is 1. The SMILES string of the molecule is O=C1[C@H]2CCCC[C@@H]2C(=O)N1CCC(=O)N1CCCSc2ccccc21. The van der Waals surface area contributed by atoms with E-state index in [1.54, 1.807) is 11.8 Å². The summed E-state index contributed by atoms with van der Waals surface area (Å²) in [7, 11) is 0. The van der Waals surface area contributed by atoms with E-state index in [0.717, 1.165) is 48.4 Å². The molecule has 5 nitrogen and oxygen atoms in total. The Labute approximate surface area is 158 Å². The van der Waals surface area contributed by atoms with Gasteiger partial charge in [0, 0.05) is 24.4 Å². The van der Waals surface area contributed by atoms with Gasteiger partial charge in [-0.05, 0) is 37.1 Å². The van der Waals surface area contributed by atoms with Crippen LogP contribution in [0, 0.1) is 11.8 Å². The molecule has 3 aliphatic rings. The van der Waals surface area contributed by atoms with E-state index < -0.39 is 0 Å². The Kier molecular flexibility index (Phi) is 5.02. The number of thioether (sulfide) groups is 1. The normalized spacial score (nSPS) is 25.7. The average Bonchev–Trinajstić information content (AvgIpc) is 2.82. The fourth-order valence-corrected chi connectivity index (χ4v) is 5.37. The molecule has 0 unspecified atom stereocenters. The summed E-state index contributed by atoms with van der Waals surface area (Å²) in [6.07, 6.45) is 4.82. The van der Waals surface area contributed by atoms with Gasteiger partial charge in [-0.3, -0.25) is 19.3 Å². The summed E-state index contributed by atoms with van der Waals surface area (Å²) < 4.78 is 0. The molecule has 1 aromatic carbocycles. The van der Waals surface area contributed by atoms with Crippen LogP contribution in [0.15, 0.2) is 29.2 Å². The minimum atomic E-state index is -0.137. The van der Waals surface area contributed by atoms with Crippen LogP contribution in [0.5, 0.6) is 0 Å². The van der Waals surface area contributed by atoms with Crippen LogP contribution in [-0.4, -0.2) is 41.5 Å². The van der Waals surface area contributed by atoms with Crippen molar-refractivity contribution in [1.29, 1.82) is 0 Å². The number of rotatable bonds is 3. The summed E-state index contributed by atoms with van der Waals surface area (Å²) in [6, 6.07) is 7.96. The van der Waals surface area contributed by atoms with Crippen molar-refractivity contribution >= 4 is 35.2 Å². The maximum Gasteiger partial charge on any atom is 0.233 e. The number of fused-ring (bicyclic) bond motifs is 2. The van der Waals surface area contributed by atoms with Gasteiger partial charge in [0.05, 0.1) is 17.5 Å². The van der Waals surface area contributed by atoms with Gasteiger partial charge in [0.2, 0.25) is 17.7 Å². The molecule has 0 radical (unpaired) electrons. The van der Waals surface area contributed by atoms with Crippen LogP contribution in [0.3, 0.4) is 0 Å². The third-order valence-corrected chi connectivity index (χ3v) is 6.87. The topological polar surface area (TPSA) is 57.7 Å². The molecule has 3 amide bonds. The molecule has 1 aliphatic carbocycles. The fourth-order valence-electron chi connectivity index (χ4n) is 4.38. The van der Waals surface area contributed by atoms with Gasteiger partial charge < -0.3 is 4.90 Å². The second-order valence-corrected chi connectivity index (χ2v) is 8.43. The molecule has 1 saturated heterocycles. The Morgan fingerprint density at radius 1 is 1.04 bits per heavy atom. The first-order chi connectivity index (χ1) is 12.7. The Hall–Kier alpha value is -1.82. The van der Waals surface area contributed by atoms with E-state index in [9.17, 15) is 14.4 Å². The number of carbonyl (C=O) groups excluding carboxylic acids is 3. The molecule has 4 rings (SSSR count). The van der Waals surface area contributed by atoms with Gasteiger partial charge in [-0.15, -0.1) is 11.8 Å². The molecule has 0 N–H and O–H groups in total. The molecule has 2 atom stereocenters. The van der Waals surface area contributed by atoms with E-state index in [1.807, 2.05) is 29.2 Å². The zero-order valence-electron chi connectivity index (χ0n) is 14.9. The predicted octanol–water partition coefficient (Wildman–Crippen LogP) is 3.08. The largest absolute Gasteiger partial charge is 0.311 e. The third kappa shape index (κ3) is 3.15. The van der Waals surface area contributed by atoms with Gasteiger partial charge in [-0.1, -0.05) is 25.0 Å². The number of benzene rings is 1. The van der Waals surface area contributed by atoms with Crippen LogP contribution in [0.1, 0.15) is 38.5 Å². The van der Waals surface area contributed by atoms with Gasteiger partial charge in [0.15, 0.2) is 0 Å². The lowest BCUT2D eigenvalue weighted by molar-refractivity contribution is -0.140. The highest BCUT2D eigenvalue weighted by Gasteiger charge is 2.47. The number of amides is 3. The van der Waals surface area contributed by atoms with Gasteiger partial charge in [0.1, 0.15) is 0 Å². The van der Waals surface area contributed by atoms with E-state index in [1.165, 1.54) is 4.90 Å². The number of imide groups is 1. The van der Waals surface area contributed by atoms with E-state index in [2.05, 4.69) is 0 Å². The zero-order valence-corrected chi connectivity index (χ0v) is 15.7. The Morgan fingerprint density at radius 2 is 1.73 bits per heavy atom. The molecule has 0 bridgehead atoms. The number of carbonyl (C=O) groups is 3. The van der Waals surface area contributed by atoms with Crippen molar-refractivity contribution < 1.29 is 14.4 Å². The average molecular weight is 372 g/mol. The third-order valence-electron chi connectivity index (χ3n) is 5.72. The standard InChI is InChI=1S/C20H24N2O3S/c23-18(21-11-5-13-26-17-9-4-3-8-16(17)21)10-12-22-19(24)14-6-1-2-7-15(14)20(22)25/h3-4,8-9,14-15H,1-2,5-7,10-13H2/t14-,15-/m0/s1. The van der Waals surface area contributed by atoms with Crippen molar-refractivity contribution in [3.05, 3.63) is 24.3 Å². The second kappa shape index (κ2) is 7.43. The van der Waals surface area contributed by atoms with E-state index in [0.29, 0.717) is 6.54 Å². The Bertz CT molecular complexity index is 712. The summed E-state index contributed by atoms with van der Waals surface area (Å²) in [5, 5.41) is 0. The van der Waals surface area contributed by atoms with Gasteiger partial charge in [-0.25, -0.2) is 0 Å². The highest BCUT2D eigenvalue weighted by molar-refractivity contribution is 7.99. The molecule has 2 aliphatic heterocycles. The summed E-state index contributed by atoms with van der Waals surface area (Å²) in [5.74, 6) is 0.602. The van der Waals surface area contributed by atoms with Crippen LogP contribution in [-0.2, 0) is 14.4 Å². The second-order valence-electron chi connectivity index (χ2n) is 7.29. The van der Waals surface area contributed by atoms with Crippen molar-refractivity contribution in [2.45, 2.75) is 43.4 Å². The van der Waals surface area contributed by atoms with Crippen LogP contribution in [0.2, 0.25) is 0 Å². The molecule has 6 heteroatoms. The molecule has 0 aromatic heterocycles. The maximum absolute atomic E-state index is 12.9. The zero-order chi connectivity index (χ0) is 18.1. The van der Waals surface area contributed by atoms with Crippen molar-refractivity contribution in [3.8, 4) is 0 Å². The number of hydrogen-bond acceptors (Lipinski definition) is 4. The number of likely N-dealkylation sites (tertiary alicyclic amines) is 1. The summed E-state index contributed by atoms with van der Waals surface area (Å²) in [5.41, 5.74) is 0.952. The monoisotopic (exact) mass is 372 g/mol. The lowest BCUT2D eigenvalue weighted by atomic mass is 9.81. The molecule has 2 fully saturated rings. The predicted molar refractivity (Wildman–Crippen MR) is 101 cm³/mol. The Balaban J connectivity index is 1.44. The first-order valence-corrected chi connectivity index (χ1v) is 10.5. The minimum absolute atomic E-state index is 0.00424. The smallest absolute Gasteiger partial charge is 0.233 e. The summed E-state index contributed by atoms with van der Waals surface area (Å²) >= 11 is 1.78. The molecule has 0 spiro atoms. The highest BCUT2D eigenvalue weighted by Crippen LogP contribution is 2.38. The van der Waals surface area contributed by atoms with E-state index in [-0.39, 0.29) is 42.5 Å². The van der Waals surface area contributed by atoms with Crippen molar-refractivity contribution in [2.24, 2.45) is 11.8 Å². The Morgan fingerprint density at radius 3 is 2.46 bits per heavy atom. The molecule has 1 saturated carbocycles. The van der Waals surface area contributed by atoms with Crippen molar-refractivity contribution in [2.75, 3.05) is 23.7 Å². The van der Waals surface area contributed by atoms with Gasteiger partial charge in [-0.2, -0.15) is 0 Å². The molecule has 26 heavy (non-hydrogen) atoms. The van der Waals surface area contributed by atoms with Crippen LogP contribution >= 0.6 is 11.8 Å². The van der Waals surface area contributed by atoms with E-state index in [4.69, 9.17) is 0 Å². The lowest BCUT2D eigenvalue weighted by Crippen LogP contribution is -2.38. The van der Waals surface area contributed by atoms with Crippen molar-refractivity contribution in [3.63, 3.8) is 0 Å². The summed E-state index contributed by atoms with van der Waals surface area (Å²) in [4.78, 5) is 42.3. The number of hydrogen-bond donors (Lipinski definition) is 0. The number of nitrogens with zero attached hydrogens (tertiary/aromatic N) is 2. The first-order valence-electron chi connectivity index (χ1n) is 9.54. The summed E-state index contributed by atoms with van der Waals surface area (Å²) in [6.45, 7) is 0.908. The molecule has 138 valence electrons.